The van der Waals surface area contributed by atoms with E-state index < -0.39 is 12.2 Å². The van der Waals surface area contributed by atoms with Gasteiger partial charge in [0.15, 0.2) is 0 Å². The smallest absolute Gasteiger partial charge is 0.123 e. The van der Waals surface area contributed by atoms with Gasteiger partial charge < -0.3 is 20.1 Å². The fraction of sp³-hybridized carbons (Fsp3) is 0.240. The van der Waals surface area contributed by atoms with Crippen LogP contribution in [0.2, 0.25) is 0 Å². The number of benzene rings is 3. The molecule has 4 heteroatoms. The normalized spacial score (nSPS) is 12.9. The van der Waals surface area contributed by atoms with Crippen LogP contribution in [0.5, 0.6) is 5.75 Å². The van der Waals surface area contributed by atoms with Crippen molar-refractivity contribution in [2.45, 2.75) is 25.0 Å². The Morgan fingerprint density at radius 2 is 1.62 bits per heavy atom. The second-order valence-electron chi connectivity index (χ2n) is 6.99. The first-order valence-corrected chi connectivity index (χ1v) is 9.63. The summed E-state index contributed by atoms with van der Waals surface area (Å²) < 4.78 is 5.23. The Hall–Kier alpha value is -2.88. The highest BCUT2D eigenvalue weighted by Gasteiger charge is 2.12. The lowest BCUT2D eigenvalue weighted by molar-refractivity contribution is 0.164. The van der Waals surface area contributed by atoms with Gasteiger partial charge in [-0.1, -0.05) is 60.7 Å². The first-order valence-electron chi connectivity index (χ1n) is 9.63. The zero-order chi connectivity index (χ0) is 20.6. The maximum Gasteiger partial charge on any atom is 0.123 e. The molecule has 0 unspecified atom stereocenters. The van der Waals surface area contributed by atoms with Crippen molar-refractivity contribution in [3.63, 3.8) is 0 Å². The first-order chi connectivity index (χ1) is 14.1. The Bertz CT molecular complexity index is 1000. The molecule has 2 atom stereocenters. The van der Waals surface area contributed by atoms with Gasteiger partial charge in [0, 0.05) is 25.3 Å². The van der Waals surface area contributed by atoms with Crippen LogP contribution < -0.4 is 0 Å². The molecule has 0 heterocycles. The molecule has 150 valence electrons. The van der Waals surface area contributed by atoms with Crippen molar-refractivity contribution in [3.05, 3.63) is 95.2 Å². The summed E-state index contributed by atoms with van der Waals surface area (Å²) in [6.45, 7) is 0.360. The quantitative estimate of drug-likeness (QED) is 0.482. The summed E-state index contributed by atoms with van der Waals surface area (Å²) in [6.07, 6.45) is 1.19. The number of phenolic OH excluding ortho intramolecular Hbond substituents is 1. The van der Waals surface area contributed by atoms with Crippen molar-refractivity contribution in [1.82, 2.24) is 0 Å². The van der Waals surface area contributed by atoms with Crippen molar-refractivity contribution < 1.29 is 20.1 Å². The second kappa shape index (κ2) is 10.1. The van der Waals surface area contributed by atoms with Crippen LogP contribution in [0.4, 0.5) is 0 Å². The number of rotatable bonds is 8. The predicted molar refractivity (Wildman–Crippen MR) is 115 cm³/mol. The molecule has 0 aromatic heterocycles. The molecule has 3 aromatic carbocycles. The van der Waals surface area contributed by atoms with Crippen molar-refractivity contribution in [2.24, 2.45) is 0 Å². The summed E-state index contributed by atoms with van der Waals surface area (Å²) in [5, 5.41) is 32.7. The van der Waals surface area contributed by atoms with Gasteiger partial charge in [-0.05, 0) is 34.2 Å². The van der Waals surface area contributed by atoms with E-state index in [1.165, 1.54) is 0 Å². The van der Waals surface area contributed by atoms with E-state index >= 15 is 0 Å². The fourth-order valence-electron chi connectivity index (χ4n) is 3.40. The van der Waals surface area contributed by atoms with Crippen LogP contribution in [0.3, 0.4) is 0 Å². The molecular formula is C25H26O4. The maximum atomic E-state index is 10.7. The lowest BCUT2D eigenvalue weighted by Crippen LogP contribution is -2.03. The third-order valence-corrected chi connectivity index (χ3v) is 4.88. The highest BCUT2D eigenvalue weighted by atomic mass is 16.5. The van der Waals surface area contributed by atoms with Gasteiger partial charge in [0.2, 0.25) is 0 Å². The number of hydrogen-bond donors (Lipinski definition) is 3. The summed E-state index contributed by atoms with van der Waals surface area (Å²) in [5.41, 5.74) is 5.61. The summed E-state index contributed by atoms with van der Waals surface area (Å²) in [5.74, 6) is 0.198. The highest BCUT2D eigenvalue weighted by Crippen LogP contribution is 2.32. The lowest BCUT2D eigenvalue weighted by Gasteiger charge is -2.13. The van der Waals surface area contributed by atoms with Crippen LogP contribution in [0.1, 0.15) is 36.2 Å². The molecule has 0 aliphatic rings. The van der Waals surface area contributed by atoms with Crippen LogP contribution in [0.25, 0.3) is 10.8 Å². The number of aliphatic hydroxyl groups is 2. The molecular weight excluding hydrogens is 364 g/mol. The van der Waals surface area contributed by atoms with Crippen molar-refractivity contribution in [2.75, 3.05) is 13.7 Å². The number of phenols is 1. The predicted octanol–water partition coefficient (Wildman–Crippen LogP) is 4.82. The van der Waals surface area contributed by atoms with Crippen LogP contribution in [0.15, 0.2) is 84.1 Å². The average Bonchev–Trinajstić information content (AvgIpc) is 2.75. The molecule has 29 heavy (non-hydrogen) atoms. The fourth-order valence-corrected chi connectivity index (χ4v) is 3.40. The molecule has 0 fully saturated rings. The summed E-state index contributed by atoms with van der Waals surface area (Å²) >= 11 is 0. The minimum absolute atomic E-state index is 0.198. The van der Waals surface area contributed by atoms with Gasteiger partial charge in [0.05, 0.1) is 18.8 Å². The SMILES string of the molecule is COCC(=C=CC[C@@H](O)c1ccc(O)c2ccccc12)C[C@@H](O)c1ccccc1. The first kappa shape index (κ1) is 20.8. The monoisotopic (exact) mass is 390 g/mol. The molecule has 4 nitrogen and oxygen atoms in total. The standard InChI is InChI=1S/C25H26O4/c1-29-17-18(16-25(28)19-9-3-2-4-10-19)8-7-13-23(26)22-14-15-24(27)21-12-6-5-11-20(21)22/h2-7,9-12,14-15,23,25-28H,13,16-17H2,1H3/t8?,23-,25-/m1/s1. The number of fused-ring (bicyclic) bond motifs is 1. The molecule has 0 bridgehead atoms. The van der Waals surface area contributed by atoms with E-state index in [2.05, 4.69) is 5.73 Å². The van der Waals surface area contributed by atoms with Gasteiger partial charge >= 0.3 is 0 Å². The van der Waals surface area contributed by atoms with E-state index in [-0.39, 0.29) is 5.75 Å². The number of methoxy groups -OCH3 is 1. The summed E-state index contributed by atoms with van der Waals surface area (Å²) in [7, 11) is 1.61. The Kier molecular flexibility index (Phi) is 7.23. The van der Waals surface area contributed by atoms with E-state index in [4.69, 9.17) is 4.74 Å². The highest BCUT2D eigenvalue weighted by molar-refractivity contribution is 5.91. The van der Waals surface area contributed by atoms with Gasteiger partial charge in [-0.15, -0.1) is 5.73 Å². The number of hydrogen-bond acceptors (Lipinski definition) is 4. The van der Waals surface area contributed by atoms with Crippen LogP contribution in [0, 0.1) is 0 Å². The van der Waals surface area contributed by atoms with Gasteiger partial charge in [-0.2, -0.15) is 0 Å². The van der Waals surface area contributed by atoms with Crippen LogP contribution in [-0.2, 0) is 4.74 Å². The van der Waals surface area contributed by atoms with E-state index in [1.54, 1.807) is 25.3 Å². The Morgan fingerprint density at radius 3 is 2.34 bits per heavy atom. The molecule has 0 aliphatic heterocycles. The van der Waals surface area contributed by atoms with Crippen molar-refractivity contribution in [3.8, 4) is 5.75 Å². The largest absolute Gasteiger partial charge is 0.507 e. The van der Waals surface area contributed by atoms with Crippen molar-refractivity contribution in [1.29, 1.82) is 0 Å². The Balaban J connectivity index is 1.76. The van der Waals surface area contributed by atoms with Gasteiger partial charge in [-0.25, -0.2) is 0 Å². The van der Waals surface area contributed by atoms with Gasteiger partial charge in [-0.3, -0.25) is 0 Å². The maximum absolute atomic E-state index is 10.7. The minimum atomic E-state index is -0.726. The molecule has 3 rings (SSSR count). The molecule has 0 amide bonds. The average molecular weight is 390 g/mol. The number of ether oxygens (including phenoxy) is 1. The zero-order valence-electron chi connectivity index (χ0n) is 16.5. The molecule has 0 aliphatic carbocycles. The number of aromatic hydroxyl groups is 1. The molecule has 0 spiro atoms. The second-order valence-corrected chi connectivity index (χ2v) is 6.99. The van der Waals surface area contributed by atoms with E-state index in [0.717, 1.165) is 27.5 Å². The van der Waals surface area contributed by atoms with E-state index in [9.17, 15) is 15.3 Å². The number of aliphatic hydroxyl groups excluding tert-OH is 2. The lowest BCUT2D eigenvalue weighted by atomic mass is 9.97. The molecule has 3 N–H and O–H groups in total. The summed E-state index contributed by atoms with van der Waals surface area (Å²) in [4.78, 5) is 0. The Labute approximate surface area is 171 Å². The minimum Gasteiger partial charge on any atom is -0.507 e. The third kappa shape index (κ3) is 5.35. The molecule has 3 aromatic rings. The van der Waals surface area contributed by atoms with Crippen LogP contribution in [-0.4, -0.2) is 29.0 Å². The molecule has 0 radical (unpaired) electrons. The van der Waals surface area contributed by atoms with Crippen LogP contribution >= 0.6 is 0 Å². The van der Waals surface area contributed by atoms with Gasteiger partial charge in [0.1, 0.15) is 5.75 Å². The summed E-state index contributed by atoms with van der Waals surface area (Å²) in [6, 6.07) is 20.3. The van der Waals surface area contributed by atoms with Crippen molar-refractivity contribution >= 4 is 10.8 Å². The third-order valence-electron chi connectivity index (χ3n) is 4.88. The topological polar surface area (TPSA) is 69.9 Å². The van der Waals surface area contributed by atoms with Gasteiger partial charge in [0.25, 0.3) is 0 Å². The van der Waals surface area contributed by atoms with E-state index in [0.29, 0.717) is 19.4 Å². The zero-order valence-corrected chi connectivity index (χ0v) is 16.5. The molecule has 0 saturated carbocycles. The van der Waals surface area contributed by atoms with E-state index in [1.807, 2.05) is 54.6 Å². The Morgan fingerprint density at radius 1 is 0.931 bits per heavy atom. The molecule has 0 saturated heterocycles.